The van der Waals surface area contributed by atoms with Gasteiger partial charge in [-0.2, -0.15) is 13.2 Å². The van der Waals surface area contributed by atoms with Gasteiger partial charge in [-0.25, -0.2) is 0 Å². The monoisotopic (exact) mass is 396 g/mol. The number of methoxy groups -OCH3 is 3. The molecule has 0 unspecified atom stereocenters. The van der Waals surface area contributed by atoms with E-state index in [-0.39, 0.29) is 22.6 Å². The van der Waals surface area contributed by atoms with E-state index < -0.39 is 24.8 Å². The van der Waals surface area contributed by atoms with Gasteiger partial charge in [0.2, 0.25) is 0 Å². The van der Waals surface area contributed by atoms with Crippen LogP contribution in [-0.4, -0.2) is 44.9 Å². The van der Waals surface area contributed by atoms with Gasteiger partial charge in [0.1, 0.15) is 30.0 Å². The zero-order valence-electron chi connectivity index (χ0n) is 15.5. The van der Waals surface area contributed by atoms with E-state index in [1.54, 1.807) is 18.2 Å². The topological polar surface area (TPSA) is 60.0 Å². The molecule has 0 spiro atoms. The predicted molar refractivity (Wildman–Crippen MR) is 96.0 cm³/mol. The number of carbonyl (C=O) groups excluding carboxylic acids is 1. The first-order valence-electron chi connectivity index (χ1n) is 8.32. The van der Waals surface area contributed by atoms with E-state index in [1.807, 2.05) is 0 Å². The van der Waals surface area contributed by atoms with Gasteiger partial charge in [0.15, 0.2) is 0 Å². The fraction of sp³-hybridized carbons (Fsp3) is 0.316. The Morgan fingerprint density at radius 3 is 2.18 bits per heavy atom. The molecule has 1 heterocycles. The summed E-state index contributed by atoms with van der Waals surface area (Å²) in [6, 6.07) is 9.45. The Bertz CT molecular complexity index is 861. The molecule has 150 valence electrons. The van der Waals surface area contributed by atoms with Gasteiger partial charge in [-0.05, 0) is 12.1 Å². The SMILES string of the molecule is COc1cc(OC)c([C@@H]2Nc3ccccc3C(=O)N2CC(F)(F)F)c(OC)c1. The zero-order valence-corrected chi connectivity index (χ0v) is 15.5. The Kier molecular flexibility index (Phi) is 5.26. The van der Waals surface area contributed by atoms with Crippen LogP contribution in [0.3, 0.4) is 0 Å². The Labute approximate surface area is 159 Å². The minimum Gasteiger partial charge on any atom is -0.496 e. The van der Waals surface area contributed by atoms with Gasteiger partial charge in [-0.15, -0.1) is 0 Å². The highest BCUT2D eigenvalue weighted by Crippen LogP contribution is 2.44. The van der Waals surface area contributed by atoms with E-state index >= 15 is 0 Å². The molecule has 0 aliphatic carbocycles. The number of alkyl halides is 3. The van der Waals surface area contributed by atoms with Crippen molar-refractivity contribution in [1.82, 2.24) is 4.90 Å². The fourth-order valence-corrected chi connectivity index (χ4v) is 3.18. The Hall–Kier alpha value is -3.10. The number of nitrogens with one attached hydrogen (secondary N) is 1. The number of amides is 1. The molecule has 1 atom stereocenters. The molecule has 28 heavy (non-hydrogen) atoms. The second kappa shape index (κ2) is 7.49. The second-order valence-electron chi connectivity index (χ2n) is 6.09. The quantitative estimate of drug-likeness (QED) is 0.832. The van der Waals surface area contributed by atoms with Crippen molar-refractivity contribution in [3.05, 3.63) is 47.5 Å². The molecular formula is C19H19F3N2O4. The van der Waals surface area contributed by atoms with Gasteiger partial charge >= 0.3 is 6.18 Å². The van der Waals surface area contributed by atoms with Gasteiger partial charge in [0.25, 0.3) is 5.91 Å². The molecule has 0 fully saturated rings. The number of ether oxygens (including phenoxy) is 3. The maximum atomic E-state index is 13.3. The van der Waals surface area contributed by atoms with Crippen molar-refractivity contribution < 1.29 is 32.2 Å². The number of para-hydroxylation sites is 1. The lowest BCUT2D eigenvalue weighted by atomic mass is 10.0. The number of rotatable bonds is 5. The number of carbonyl (C=O) groups is 1. The lowest BCUT2D eigenvalue weighted by molar-refractivity contribution is -0.144. The molecule has 0 aromatic heterocycles. The third-order valence-electron chi connectivity index (χ3n) is 4.40. The van der Waals surface area contributed by atoms with Crippen LogP contribution in [0.25, 0.3) is 0 Å². The van der Waals surface area contributed by atoms with Crippen molar-refractivity contribution >= 4 is 11.6 Å². The lowest BCUT2D eigenvalue weighted by Crippen LogP contribution is -2.47. The Morgan fingerprint density at radius 1 is 1.04 bits per heavy atom. The number of halogens is 3. The Morgan fingerprint density at radius 2 is 1.64 bits per heavy atom. The molecule has 6 nitrogen and oxygen atoms in total. The van der Waals surface area contributed by atoms with Crippen LogP contribution in [0.5, 0.6) is 17.2 Å². The number of anilines is 1. The first-order chi connectivity index (χ1) is 13.3. The van der Waals surface area contributed by atoms with Crippen LogP contribution in [0.1, 0.15) is 22.1 Å². The van der Waals surface area contributed by atoms with Gasteiger partial charge in [-0.1, -0.05) is 12.1 Å². The van der Waals surface area contributed by atoms with Gasteiger partial charge in [0, 0.05) is 17.8 Å². The molecule has 1 aliphatic rings. The standard InChI is InChI=1S/C19H19F3N2O4/c1-26-11-8-14(27-2)16(15(9-11)28-3)17-23-13-7-5-4-6-12(13)18(25)24(17)10-19(20,21)22/h4-9,17,23H,10H2,1-3H3/t17-/m1/s1. The highest BCUT2D eigenvalue weighted by Gasteiger charge is 2.42. The first kappa shape index (κ1) is 19.7. The van der Waals surface area contributed by atoms with Crippen LogP contribution in [0, 0.1) is 0 Å². The van der Waals surface area contributed by atoms with Crippen LogP contribution in [0.4, 0.5) is 18.9 Å². The summed E-state index contributed by atoms with van der Waals surface area (Å²) < 4.78 is 55.7. The summed E-state index contributed by atoms with van der Waals surface area (Å²) in [6.07, 6.45) is -5.74. The number of nitrogens with zero attached hydrogens (tertiary/aromatic N) is 1. The highest BCUT2D eigenvalue weighted by atomic mass is 19.4. The first-order valence-corrected chi connectivity index (χ1v) is 8.32. The summed E-state index contributed by atoms with van der Waals surface area (Å²) >= 11 is 0. The number of benzene rings is 2. The lowest BCUT2D eigenvalue weighted by Gasteiger charge is -2.39. The van der Waals surface area contributed by atoms with Crippen LogP contribution < -0.4 is 19.5 Å². The molecule has 1 N–H and O–H groups in total. The summed E-state index contributed by atoms with van der Waals surface area (Å²) in [5, 5.41) is 3.01. The molecule has 1 amide bonds. The summed E-state index contributed by atoms with van der Waals surface area (Å²) in [6.45, 7) is -1.43. The van der Waals surface area contributed by atoms with Gasteiger partial charge < -0.3 is 24.4 Å². The number of fused-ring (bicyclic) bond motifs is 1. The number of hydrogen-bond acceptors (Lipinski definition) is 5. The summed E-state index contributed by atoms with van der Waals surface area (Å²) in [4.78, 5) is 13.6. The summed E-state index contributed by atoms with van der Waals surface area (Å²) in [5.74, 6) is 0.125. The van der Waals surface area contributed by atoms with Crippen molar-refractivity contribution in [2.75, 3.05) is 33.2 Å². The molecule has 1 aliphatic heterocycles. The minimum absolute atomic E-state index is 0.162. The third-order valence-corrected chi connectivity index (χ3v) is 4.40. The zero-order chi connectivity index (χ0) is 20.5. The molecule has 0 radical (unpaired) electrons. The van der Waals surface area contributed by atoms with Crippen molar-refractivity contribution in [2.24, 2.45) is 0 Å². The van der Waals surface area contributed by atoms with E-state index in [2.05, 4.69) is 5.32 Å². The molecule has 0 saturated carbocycles. The molecule has 2 aromatic carbocycles. The molecule has 0 saturated heterocycles. The number of hydrogen-bond donors (Lipinski definition) is 1. The largest absolute Gasteiger partial charge is 0.496 e. The molecule has 0 bridgehead atoms. The molecular weight excluding hydrogens is 377 g/mol. The smallest absolute Gasteiger partial charge is 0.406 e. The van der Waals surface area contributed by atoms with Crippen LogP contribution in [0.15, 0.2) is 36.4 Å². The predicted octanol–water partition coefficient (Wildman–Crippen LogP) is 3.84. The van der Waals surface area contributed by atoms with E-state index in [0.29, 0.717) is 11.4 Å². The van der Waals surface area contributed by atoms with E-state index in [9.17, 15) is 18.0 Å². The average Bonchev–Trinajstić information content (AvgIpc) is 2.68. The highest BCUT2D eigenvalue weighted by molar-refractivity contribution is 6.01. The van der Waals surface area contributed by atoms with Crippen molar-refractivity contribution in [3.8, 4) is 17.2 Å². The van der Waals surface area contributed by atoms with E-state index in [4.69, 9.17) is 14.2 Å². The van der Waals surface area contributed by atoms with Gasteiger partial charge in [-0.3, -0.25) is 4.79 Å². The van der Waals surface area contributed by atoms with Crippen molar-refractivity contribution in [3.63, 3.8) is 0 Å². The van der Waals surface area contributed by atoms with Crippen LogP contribution in [-0.2, 0) is 0 Å². The molecule has 2 aromatic rings. The van der Waals surface area contributed by atoms with Crippen LogP contribution in [0.2, 0.25) is 0 Å². The van der Waals surface area contributed by atoms with E-state index in [1.165, 1.54) is 39.5 Å². The van der Waals surface area contributed by atoms with Crippen molar-refractivity contribution in [1.29, 1.82) is 0 Å². The Balaban J connectivity index is 2.19. The van der Waals surface area contributed by atoms with Gasteiger partial charge in [0.05, 0.1) is 32.5 Å². The normalized spacial score (nSPS) is 16.3. The van der Waals surface area contributed by atoms with Crippen molar-refractivity contribution in [2.45, 2.75) is 12.3 Å². The molecule has 3 rings (SSSR count). The minimum atomic E-state index is -4.59. The third kappa shape index (κ3) is 3.64. The summed E-state index contributed by atoms with van der Waals surface area (Å²) in [7, 11) is 4.21. The van der Waals surface area contributed by atoms with Crippen LogP contribution >= 0.6 is 0 Å². The maximum Gasteiger partial charge on any atom is 0.406 e. The fourth-order valence-electron chi connectivity index (χ4n) is 3.18. The maximum absolute atomic E-state index is 13.3. The summed E-state index contributed by atoms with van der Waals surface area (Å²) in [5.41, 5.74) is 0.850. The van der Waals surface area contributed by atoms with E-state index in [0.717, 1.165) is 4.90 Å². The second-order valence-corrected chi connectivity index (χ2v) is 6.09. The molecule has 9 heteroatoms. The average molecular weight is 396 g/mol.